The predicted octanol–water partition coefficient (Wildman–Crippen LogP) is 1.92. The van der Waals surface area contributed by atoms with E-state index < -0.39 is 0 Å². The Labute approximate surface area is 154 Å². The van der Waals surface area contributed by atoms with Gasteiger partial charge in [-0.15, -0.1) is 0 Å². The first-order valence-electron chi connectivity index (χ1n) is 8.82. The lowest BCUT2D eigenvalue weighted by atomic mass is 10.2. The van der Waals surface area contributed by atoms with E-state index in [1.54, 1.807) is 12.1 Å². The van der Waals surface area contributed by atoms with Crippen molar-refractivity contribution in [1.29, 1.82) is 0 Å². The van der Waals surface area contributed by atoms with E-state index in [1.807, 2.05) is 25.1 Å². The molecule has 0 radical (unpaired) electrons. The zero-order valence-corrected chi connectivity index (χ0v) is 15.0. The van der Waals surface area contributed by atoms with E-state index in [2.05, 4.69) is 33.1 Å². The van der Waals surface area contributed by atoms with E-state index >= 15 is 0 Å². The third kappa shape index (κ3) is 6.84. The molecule has 0 aliphatic heterocycles. The van der Waals surface area contributed by atoms with Crippen molar-refractivity contribution in [1.82, 2.24) is 16.0 Å². The molecular formula is C20H26N4O2. The summed E-state index contributed by atoms with van der Waals surface area (Å²) in [4.78, 5) is 16.5. The Morgan fingerprint density at radius 2 is 1.65 bits per heavy atom. The highest BCUT2D eigenvalue weighted by Crippen LogP contribution is 2.09. The topological polar surface area (TPSA) is 85.8 Å². The van der Waals surface area contributed by atoms with E-state index in [0.717, 1.165) is 18.9 Å². The van der Waals surface area contributed by atoms with Gasteiger partial charge in [0.15, 0.2) is 5.96 Å². The highest BCUT2D eigenvalue weighted by Gasteiger charge is 2.04. The highest BCUT2D eigenvalue weighted by atomic mass is 16.3. The molecule has 0 aliphatic carbocycles. The van der Waals surface area contributed by atoms with Gasteiger partial charge in [0.25, 0.3) is 5.91 Å². The van der Waals surface area contributed by atoms with Crippen LogP contribution in [-0.2, 0) is 6.42 Å². The van der Waals surface area contributed by atoms with Gasteiger partial charge in [-0.3, -0.25) is 9.79 Å². The van der Waals surface area contributed by atoms with Crippen LogP contribution < -0.4 is 16.0 Å². The van der Waals surface area contributed by atoms with E-state index in [9.17, 15) is 9.90 Å². The van der Waals surface area contributed by atoms with Gasteiger partial charge in [-0.1, -0.05) is 30.3 Å². The number of hydrogen-bond acceptors (Lipinski definition) is 3. The van der Waals surface area contributed by atoms with Crippen molar-refractivity contribution in [3.63, 3.8) is 0 Å². The predicted molar refractivity (Wildman–Crippen MR) is 105 cm³/mol. The number of carbonyl (C=O) groups is 1. The van der Waals surface area contributed by atoms with Crippen LogP contribution in [0.1, 0.15) is 22.8 Å². The molecule has 138 valence electrons. The van der Waals surface area contributed by atoms with Crippen LogP contribution in [0.4, 0.5) is 0 Å². The van der Waals surface area contributed by atoms with Crippen LogP contribution in [0.2, 0.25) is 0 Å². The summed E-state index contributed by atoms with van der Waals surface area (Å²) >= 11 is 0. The van der Waals surface area contributed by atoms with Crippen molar-refractivity contribution in [2.45, 2.75) is 13.3 Å². The van der Waals surface area contributed by atoms with Gasteiger partial charge in [-0.25, -0.2) is 0 Å². The molecule has 0 unspecified atom stereocenters. The van der Waals surface area contributed by atoms with Crippen LogP contribution in [0.25, 0.3) is 0 Å². The number of aromatic hydroxyl groups is 1. The zero-order valence-electron chi connectivity index (χ0n) is 15.0. The third-order valence-electron chi connectivity index (χ3n) is 3.69. The molecule has 0 saturated carbocycles. The molecule has 26 heavy (non-hydrogen) atoms. The molecular weight excluding hydrogens is 328 g/mol. The van der Waals surface area contributed by atoms with Crippen molar-refractivity contribution in [3.8, 4) is 5.75 Å². The minimum atomic E-state index is -0.169. The van der Waals surface area contributed by atoms with Gasteiger partial charge >= 0.3 is 0 Å². The molecule has 0 bridgehead atoms. The fourth-order valence-corrected chi connectivity index (χ4v) is 2.36. The van der Waals surface area contributed by atoms with Crippen molar-refractivity contribution >= 4 is 11.9 Å². The van der Waals surface area contributed by atoms with Gasteiger partial charge < -0.3 is 21.1 Å². The quantitative estimate of drug-likeness (QED) is 0.331. The maximum Gasteiger partial charge on any atom is 0.251 e. The van der Waals surface area contributed by atoms with Crippen LogP contribution in [0, 0.1) is 0 Å². The van der Waals surface area contributed by atoms with E-state index in [1.165, 1.54) is 17.7 Å². The molecule has 0 fully saturated rings. The Hall–Kier alpha value is -3.02. The molecule has 6 nitrogen and oxygen atoms in total. The first-order chi connectivity index (χ1) is 12.7. The summed E-state index contributed by atoms with van der Waals surface area (Å²) in [6, 6.07) is 16.4. The number of nitrogens with zero attached hydrogens (tertiary/aromatic N) is 1. The fraction of sp³-hybridized carbons (Fsp3) is 0.300. The Morgan fingerprint density at radius 1 is 0.962 bits per heavy atom. The van der Waals surface area contributed by atoms with E-state index in [4.69, 9.17) is 0 Å². The van der Waals surface area contributed by atoms with Crippen molar-refractivity contribution < 1.29 is 9.90 Å². The number of hydrogen-bond donors (Lipinski definition) is 4. The Morgan fingerprint density at radius 3 is 2.35 bits per heavy atom. The molecule has 0 spiro atoms. The van der Waals surface area contributed by atoms with Crippen LogP contribution in [0.5, 0.6) is 5.75 Å². The molecule has 0 heterocycles. The third-order valence-corrected chi connectivity index (χ3v) is 3.69. The molecule has 1 amide bonds. The standard InChI is InChI=1S/C20H26N4O2/c1-2-21-20(23-13-12-16-6-4-3-5-7-16)24-15-14-22-19(26)17-8-10-18(25)11-9-17/h3-11,25H,2,12-15H2,1H3,(H,22,26)(H2,21,23,24). The van der Waals surface area contributed by atoms with Gasteiger partial charge in [0.2, 0.25) is 0 Å². The smallest absolute Gasteiger partial charge is 0.251 e. The summed E-state index contributed by atoms with van der Waals surface area (Å²) in [5.74, 6) is 0.713. The number of carbonyl (C=O) groups excluding carboxylic acids is 1. The minimum Gasteiger partial charge on any atom is -0.508 e. The molecule has 6 heteroatoms. The molecule has 0 aromatic heterocycles. The summed E-state index contributed by atoms with van der Waals surface area (Å²) in [5, 5.41) is 18.5. The van der Waals surface area contributed by atoms with Crippen molar-refractivity contribution in [2.24, 2.45) is 4.99 Å². The lowest BCUT2D eigenvalue weighted by molar-refractivity contribution is 0.0954. The molecule has 2 rings (SSSR count). The number of phenolic OH excluding ortho intramolecular Hbond substituents is 1. The Kier molecular flexibility index (Phi) is 7.99. The summed E-state index contributed by atoms with van der Waals surface area (Å²) in [6.45, 7) is 4.53. The molecule has 0 aliphatic rings. The van der Waals surface area contributed by atoms with Crippen LogP contribution >= 0.6 is 0 Å². The summed E-state index contributed by atoms with van der Waals surface area (Å²) in [7, 11) is 0. The van der Waals surface area contributed by atoms with E-state index in [-0.39, 0.29) is 11.7 Å². The Balaban J connectivity index is 1.72. The number of amides is 1. The van der Waals surface area contributed by atoms with Crippen LogP contribution in [-0.4, -0.2) is 43.2 Å². The normalized spacial score (nSPS) is 11.0. The number of aliphatic imine (C=N–C) groups is 1. The fourth-order valence-electron chi connectivity index (χ4n) is 2.36. The lowest BCUT2D eigenvalue weighted by Crippen LogP contribution is -2.41. The van der Waals surface area contributed by atoms with Gasteiger partial charge in [-0.05, 0) is 43.2 Å². The van der Waals surface area contributed by atoms with Gasteiger partial charge in [-0.2, -0.15) is 0 Å². The number of rotatable bonds is 8. The monoisotopic (exact) mass is 354 g/mol. The molecule has 4 N–H and O–H groups in total. The molecule has 2 aromatic carbocycles. The molecule has 0 saturated heterocycles. The van der Waals surface area contributed by atoms with Gasteiger partial charge in [0.05, 0.1) is 0 Å². The summed E-state index contributed by atoms with van der Waals surface area (Å²) in [5.41, 5.74) is 1.78. The highest BCUT2D eigenvalue weighted by molar-refractivity contribution is 5.94. The number of benzene rings is 2. The zero-order chi connectivity index (χ0) is 18.6. The number of phenols is 1. The van der Waals surface area contributed by atoms with Crippen molar-refractivity contribution in [3.05, 3.63) is 65.7 Å². The average molecular weight is 354 g/mol. The van der Waals surface area contributed by atoms with Gasteiger partial charge in [0.1, 0.15) is 5.75 Å². The maximum atomic E-state index is 12.0. The van der Waals surface area contributed by atoms with Crippen molar-refractivity contribution in [2.75, 3.05) is 26.2 Å². The molecule has 0 atom stereocenters. The first-order valence-corrected chi connectivity index (χ1v) is 8.82. The van der Waals surface area contributed by atoms with E-state index in [0.29, 0.717) is 25.2 Å². The molecule has 2 aromatic rings. The lowest BCUT2D eigenvalue weighted by Gasteiger charge is -2.12. The maximum absolute atomic E-state index is 12.0. The summed E-state index contributed by atoms with van der Waals surface area (Å²) < 4.78 is 0. The second-order valence-electron chi connectivity index (χ2n) is 5.73. The number of guanidine groups is 1. The largest absolute Gasteiger partial charge is 0.508 e. The minimum absolute atomic E-state index is 0.144. The second-order valence-corrected chi connectivity index (χ2v) is 5.73. The average Bonchev–Trinajstić information content (AvgIpc) is 2.66. The SMILES string of the molecule is CCNC(=NCCc1ccccc1)NCCNC(=O)c1ccc(O)cc1. The summed E-state index contributed by atoms with van der Waals surface area (Å²) in [6.07, 6.45) is 0.884. The van der Waals surface area contributed by atoms with Gasteiger partial charge in [0, 0.05) is 31.7 Å². The second kappa shape index (κ2) is 10.8. The number of nitrogens with one attached hydrogen (secondary N) is 3. The Bertz CT molecular complexity index is 700. The van der Waals surface area contributed by atoms with Crippen LogP contribution in [0.15, 0.2) is 59.6 Å². The van der Waals surface area contributed by atoms with Crippen LogP contribution in [0.3, 0.4) is 0 Å². The first kappa shape index (κ1) is 19.3.